The molecule has 5 nitrogen and oxygen atoms in total. The number of rotatable bonds is 8. The quantitative estimate of drug-likeness (QED) is 0.739. The predicted molar refractivity (Wildman–Crippen MR) is 81.5 cm³/mol. The van der Waals surface area contributed by atoms with E-state index in [0.29, 0.717) is 6.54 Å². The number of pyridine rings is 1. The fourth-order valence-corrected chi connectivity index (χ4v) is 2.02. The topological polar surface area (TPSA) is 54.3 Å². The minimum Gasteiger partial charge on any atom is -0.352 e. The number of nitrogens with one attached hydrogen (secondary N) is 1. The summed E-state index contributed by atoms with van der Waals surface area (Å²) in [5.41, 5.74) is -0.496. The highest BCUT2D eigenvalue weighted by molar-refractivity contribution is 5.93. The molecule has 1 heterocycles. The molecule has 0 unspecified atom stereocenters. The van der Waals surface area contributed by atoms with Crippen LogP contribution in [0.2, 0.25) is 0 Å². The van der Waals surface area contributed by atoms with Crippen molar-refractivity contribution in [3.63, 3.8) is 0 Å². The van der Waals surface area contributed by atoms with E-state index in [0.717, 1.165) is 17.7 Å². The van der Waals surface area contributed by atoms with Gasteiger partial charge < -0.3 is 9.88 Å². The summed E-state index contributed by atoms with van der Waals surface area (Å²) in [6.07, 6.45) is -1.08. The predicted octanol–water partition coefficient (Wildman–Crippen LogP) is 1.87. The lowest BCUT2D eigenvalue weighted by Crippen LogP contribution is -2.37. The molecule has 0 aliphatic heterocycles. The molecule has 0 saturated carbocycles. The van der Waals surface area contributed by atoms with Crippen molar-refractivity contribution in [3.8, 4) is 0 Å². The Labute approximate surface area is 133 Å². The van der Waals surface area contributed by atoms with Crippen LogP contribution in [0.1, 0.15) is 30.1 Å². The average Bonchev–Trinajstić information content (AvgIpc) is 2.44. The third-order valence-corrected chi connectivity index (χ3v) is 3.25. The Morgan fingerprint density at radius 3 is 2.70 bits per heavy atom. The second-order valence-electron chi connectivity index (χ2n) is 5.38. The van der Waals surface area contributed by atoms with Crippen molar-refractivity contribution >= 4 is 5.91 Å². The van der Waals surface area contributed by atoms with Gasteiger partial charge in [-0.15, -0.1) is 0 Å². The number of carbonyl (C=O) groups is 1. The average molecular weight is 333 g/mol. The molecule has 130 valence electrons. The molecule has 0 fully saturated rings. The summed E-state index contributed by atoms with van der Waals surface area (Å²) < 4.78 is 38.0. The summed E-state index contributed by atoms with van der Waals surface area (Å²) >= 11 is 0. The van der Waals surface area contributed by atoms with Gasteiger partial charge in [-0.05, 0) is 25.6 Å². The third-order valence-electron chi connectivity index (χ3n) is 3.25. The zero-order valence-corrected chi connectivity index (χ0v) is 13.3. The molecule has 0 saturated heterocycles. The lowest BCUT2D eigenvalue weighted by molar-refractivity contribution is -0.143. The monoisotopic (exact) mass is 333 g/mol. The van der Waals surface area contributed by atoms with Crippen LogP contribution in [-0.4, -0.2) is 48.2 Å². The van der Waals surface area contributed by atoms with Gasteiger partial charge in [-0.2, -0.15) is 13.2 Å². The second kappa shape index (κ2) is 8.71. The van der Waals surface area contributed by atoms with Gasteiger partial charge in [0.1, 0.15) is 5.56 Å². The van der Waals surface area contributed by atoms with Crippen LogP contribution in [0.25, 0.3) is 0 Å². The fraction of sp³-hybridized carbons (Fsp3) is 0.600. The standard InChI is InChI=1S/C15H22F3N3O2/c1-3-4-7-19-13(22)12-6-5-8-21(14(12)23)10-9-20(2)11-15(16,17)18/h5-6,8H,3-4,7,9-11H2,1-2H3,(H,19,22). The lowest BCUT2D eigenvalue weighted by Gasteiger charge is -2.19. The zero-order chi connectivity index (χ0) is 17.5. The zero-order valence-electron chi connectivity index (χ0n) is 13.3. The number of aromatic nitrogens is 1. The number of hydrogen-bond donors (Lipinski definition) is 1. The van der Waals surface area contributed by atoms with Crippen molar-refractivity contribution in [3.05, 3.63) is 34.2 Å². The number of likely N-dealkylation sites (N-methyl/N-ethyl adjacent to an activating group) is 1. The summed E-state index contributed by atoms with van der Waals surface area (Å²) in [6.45, 7) is 1.57. The Balaban J connectivity index is 2.69. The first kappa shape index (κ1) is 19.2. The van der Waals surface area contributed by atoms with Crippen LogP contribution in [0.5, 0.6) is 0 Å². The van der Waals surface area contributed by atoms with Gasteiger partial charge in [0, 0.05) is 25.8 Å². The molecule has 0 aliphatic carbocycles. The van der Waals surface area contributed by atoms with Crippen LogP contribution in [0.4, 0.5) is 13.2 Å². The number of hydrogen-bond acceptors (Lipinski definition) is 3. The molecular formula is C15H22F3N3O2. The van der Waals surface area contributed by atoms with E-state index in [1.807, 2.05) is 6.92 Å². The van der Waals surface area contributed by atoms with Gasteiger partial charge in [0.15, 0.2) is 0 Å². The van der Waals surface area contributed by atoms with E-state index in [4.69, 9.17) is 0 Å². The van der Waals surface area contributed by atoms with E-state index in [1.165, 1.54) is 23.9 Å². The SMILES string of the molecule is CCCCNC(=O)c1cccn(CCN(C)CC(F)(F)F)c1=O. The molecule has 23 heavy (non-hydrogen) atoms. The first-order valence-electron chi connectivity index (χ1n) is 7.47. The Hall–Kier alpha value is -1.83. The summed E-state index contributed by atoms with van der Waals surface area (Å²) in [5, 5.41) is 2.65. The largest absolute Gasteiger partial charge is 0.401 e. The molecular weight excluding hydrogens is 311 g/mol. The summed E-state index contributed by atoms with van der Waals surface area (Å²) in [5.74, 6) is -0.457. The van der Waals surface area contributed by atoms with Gasteiger partial charge in [-0.3, -0.25) is 14.5 Å². The second-order valence-corrected chi connectivity index (χ2v) is 5.38. The molecule has 1 aromatic heterocycles. The van der Waals surface area contributed by atoms with E-state index in [-0.39, 0.29) is 18.7 Å². The minimum absolute atomic E-state index is 0.00192. The number of alkyl halides is 3. The fourth-order valence-electron chi connectivity index (χ4n) is 2.02. The van der Waals surface area contributed by atoms with E-state index < -0.39 is 24.2 Å². The molecule has 1 aromatic rings. The van der Waals surface area contributed by atoms with Crippen molar-refractivity contribution in [1.82, 2.24) is 14.8 Å². The summed E-state index contributed by atoms with van der Waals surface area (Å²) in [6, 6.07) is 2.96. The smallest absolute Gasteiger partial charge is 0.352 e. The Kier molecular flexibility index (Phi) is 7.28. The first-order valence-corrected chi connectivity index (χ1v) is 7.47. The highest BCUT2D eigenvalue weighted by atomic mass is 19.4. The molecule has 1 amide bonds. The van der Waals surface area contributed by atoms with Crippen molar-refractivity contribution in [1.29, 1.82) is 0 Å². The number of carbonyl (C=O) groups excluding carboxylic acids is 1. The van der Waals surface area contributed by atoms with Crippen LogP contribution in [0.15, 0.2) is 23.1 Å². The normalized spacial score (nSPS) is 11.7. The van der Waals surface area contributed by atoms with Crippen molar-refractivity contribution < 1.29 is 18.0 Å². The highest BCUT2D eigenvalue weighted by Crippen LogP contribution is 2.15. The molecule has 0 spiro atoms. The summed E-state index contributed by atoms with van der Waals surface area (Å²) in [4.78, 5) is 25.2. The maximum absolute atomic E-state index is 12.3. The van der Waals surface area contributed by atoms with E-state index in [1.54, 1.807) is 6.07 Å². The van der Waals surface area contributed by atoms with Crippen molar-refractivity contribution in [2.75, 3.05) is 26.7 Å². The molecule has 0 aromatic carbocycles. The molecule has 1 N–H and O–H groups in total. The summed E-state index contributed by atoms with van der Waals surface area (Å²) in [7, 11) is 1.33. The van der Waals surface area contributed by atoms with Crippen LogP contribution in [0, 0.1) is 0 Å². The molecule has 0 bridgehead atoms. The van der Waals surface area contributed by atoms with Crippen molar-refractivity contribution in [2.45, 2.75) is 32.5 Å². The first-order chi connectivity index (χ1) is 10.7. The maximum Gasteiger partial charge on any atom is 0.401 e. The molecule has 0 aliphatic rings. The Morgan fingerprint density at radius 2 is 2.09 bits per heavy atom. The minimum atomic E-state index is -4.28. The third kappa shape index (κ3) is 6.85. The lowest BCUT2D eigenvalue weighted by atomic mass is 10.2. The van der Waals surface area contributed by atoms with Crippen LogP contribution >= 0.6 is 0 Å². The van der Waals surface area contributed by atoms with Crippen LogP contribution in [-0.2, 0) is 6.54 Å². The van der Waals surface area contributed by atoms with Crippen LogP contribution < -0.4 is 10.9 Å². The van der Waals surface area contributed by atoms with Crippen molar-refractivity contribution in [2.24, 2.45) is 0 Å². The maximum atomic E-state index is 12.3. The number of amides is 1. The number of unbranched alkanes of at least 4 members (excludes halogenated alkanes) is 1. The van der Waals surface area contributed by atoms with E-state index >= 15 is 0 Å². The Bertz CT molecular complexity index is 570. The number of halogens is 3. The van der Waals surface area contributed by atoms with Gasteiger partial charge in [0.05, 0.1) is 6.54 Å². The molecule has 0 atom stereocenters. The molecule has 8 heteroatoms. The number of nitrogens with zero attached hydrogens (tertiary/aromatic N) is 2. The molecule has 0 radical (unpaired) electrons. The van der Waals surface area contributed by atoms with Gasteiger partial charge in [0.2, 0.25) is 0 Å². The highest BCUT2D eigenvalue weighted by Gasteiger charge is 2.28. The molecule has 1 rings (SSSR count). The van der Waals surface area contributed by atoms with Gasteiger partial charge in [-0.25, -0.2) is 0 Å². The van der Waals surface area contributed by atoms with Crippen LogP contribution in [0.3, 0.4) is 0 Å². The van der Waals surface area contributed by atoms with E-state index in [9.17, 15) is 22.8 Å². The van der Waals surface area contributed by atoms with Gasteiger partial charge in [-0.1, -0.05) is 13.3 Å². The van der Waals surface area contributed by atoms with Gasteiger partial charge in [0.25, 0.3) is 11.5 Å². The van der Waals surface area contributed by atoms with Gasteiger partial charge >= 0.3 is 6.18 Å². The van der Waals surface area contributed by atoms with E-state index in [2.05, 4.69) is 5.32 Å². The Morgan fingerprint density at radius 1 is 1.39 bits per heavy atom.